The van der Waals surface area contributed by atoms with Gasteiger partial charge >= 0.3 is 6.18 Å². The molecule has 0 bridgehead atoms. The highest BCUT2D eigenvalue weighted by Crippen LogP contribution is 2.30. The maximum absolute atomic E-state index is 12.8. The third-order valence-electron chi connectivity index (χ3n) is 3.89. The molecule has 0 radical (unpaired) electrons. The fourth-order valence-electron chi connectivity index (χ4n) is 2.66. The average molecular weight is 383 g/mol. The Kier molecular flexibility index (Phi) is 5.03. The van der Waals surface area contributed by atoms with Crippen LogP contribution in [0.2, 0.25) is 0 Å². The molecule has 138 valence electrons. The second kappa shape index (κ2) is 7.10. The summed E-state index contributed by atoms with van der Waals surface area (Å²) in [6.07, 6.45) is -1.62. The Labute approximate surface area is 152 Å². The Hall–Kier alpha value is -2.36. The standard InChI is InChI=1S/C16H16F3N5OS/c1-10-7-13(22-15(21-10)26-2)23-5-6-24(14(25)9-23)11-3-4-20-12(8-11)16(17,18)19/h3-4,7-8H,5-6,9H2,1-2H3. The molecule has 1 aliphatic rings. The smallest absolute Gasteiger partial charge is 0.345 e. The summed E-state index contributed by atoms with van der Waals surface area (Å²) in [6.45, 7) is 2.60. The van der Waals surface area contributed by atoms with Crippen molar-refractivity contribution in [2.75, 3.05) is 35.7 Å². The highest BCUT2D eigenvalue weighted by molar-refractivity contribution is 7.98. The molecular weight excluding hydrogens is 367 g/mol. The lowest BCUT2D eigenvalue weighted by molar-refractivity contribution is -0.141. The minimum absolute atomic E-state index is 0.0357. The number of piperazine rings is 1. The van der Waals surface area contributed by atoms with Crippen LogP contribution in [0, 0.1) is 6.92 Å². The molecule has 2 aromatic rings. The van der Waals surface area contributed by atoms with Gasteiger partial charge in [-0.1, -0.05) is 11.8 Å². The first-order valence-electron chi connectivity index (χ1n) is 7.76. The number of carbonyl (C=O) groups is 1. The van der Waals surface area contributed by atoms with E-state index < -0.39 is 11.9 Å². The van der Waals surface area contributed by atoms with Crippen LogP contribution in [0.1, 0.15) is 11.4 Å². The lowest BCUT2D eigenvalue weighted by atomic mass is 10.2. The van der Waals surface area contributed by atoms with Crippen molar-refractivity contribution in [2.45, 2.75) is 18.3 Å². The third-order valence-corrected chi connectivity index (χ3v) is 4.44. The second-order valence-corrected chi connectivity index (χ2v) is 6.49. The van der Waals surface area contributed by atoms with Crippen molar-refractivity contribution in [3.8, 4) is 0 Å². The summed E-state index contributed by atoms with van der Waals surface area (Å²) in [6, 6.07) is 4.09. The van der Waals surface area contributed by atoms with Gasteiger partial charge in [-0.25, -0.2) is 9.97 Å². The average Bonchev–Trinajstić information content (AvgIpc) is 2.60. The molecule has 0 aromatic carbocycles. The van der Waals surface area contributed by atoms with Gasteiger partial charge in [0.05, 0.1) is 6.54 Å². The van der Waals surface area contributed by atoms with Crippen LogP contribution in [0.5, 0.6) is 0 Å². The van der Waals surface area contributed by atoms with E-state index in [0.717, 1.165) is 18.0 Å². The number of aryl methyl sites for hydroxylation is 1. The van der Waals surface area contributed by atoms with E-state index in [4.69, 9.17) is 0 Å². The number of alkyl halides is 3. The molecule has 1 aliphatic heterocycles. The van der Waals surface area contributed by atoms with E-state index in [0.29, 0.717) is 17.5 Å². The predicted molar refractivity (Wildman–Crippen MR) is 92.4 cm³/mol. The molecule has 10 heteroatoms. The van der Waals surface area contributed by atoms with Gasteiger partial charge in [-0.05, 0) is 25.3 Å². The van der Waals surface area contributed by atoms with Crippen molar-refractivity contribution in [1.29, 1.82) is 0 Å². The van der Waals surface area contributed by atoms with Crippen molar-refractivity contribution in [2.24, 2.45) is 0 Å². The van der Waals surface area contributed by atoms with E-state index >= 15 is 0 Å². The number of hydrogen-bond acceptors (Lipinski definition) is 6. The molecule has 0 unspecified atom stereocenters. The van der Waals surface area contributed by atoms with Gasteiger partial charge in [0.15, 0.2) is 5.16 Å². The zero-order valence-electron chi connectivity index (χ0n) is 14.1. The first-order valence-corrected chi connectivity index (χ1v) is 8.98. The summed E-state index contributed by atoms with van der Waals surface area (Å²) in [7, 11) is 0. The van der Waals surface area contributed by atoms with Gasteiger partial charge in [0.1, 0.15) is 11.5 Å². The van der Waals surface area contributed by atoms with E-state index in [2.05, 4.69) is 15.0 Å². The van der Waals surface area contributed by atoms with Crippen LogP contribution in [0.15, 0.2) is 29.6 Å². The van der Waals surface area contributed by atoms with Crippen LogP contribution < -0.4 is 9.80 Å². The monoisotopic (exact) mass is 383 g/mol. The number of pyridine rings is 1. The molecule has 2 aromatic heterocycles. The number of amides is 1. The van der Waals surface area contributed by atoms with Crippen LogP contribution in [0.3, 0.4) is 0 Å². The van der Waals surface area contributed by atoms with Gasteiger partial charge in [-0.2, -0.15) is 13.2 Å². The van der Waals surface area contributed by atoms with Crippen LogP contribution >= 0.6 is 11.8 Å². The summed E-state index contributed by atoms with van der Waals surface area (Å²) in [5, 5.41) is 0.610. The summed E-state index contributed by atoms with van der Waals surface area (Å²) in [5.41, 5.74) is -0.0277. The number of thioether (sulfide) groups is 1. The molecule has 0 N–H and O–H groups in total. The van der Waals surface area contributed by atoms with Crippen LogP contribution in [-0.4, -0.2) is 46.7 Å². The molecule has 3 rings (SSSR count). The number of halogens is 3. The Morgan fingerprint density at radius 2 is 1.96 bits per heavy atom. The van der Waals surface area contributed by atoms with Gasteiger partial charge in [-0.3, -0.25) is 9.78 Å². The molecule has 26 heavy (non-hydrogen) atoms. The van der Waals surface area contributed by atoms with E-state index in [-0.39, 0.29) is 24.7 Å². The van der Waals surface area contributed by atoms with Gasteiger partial charge in [0.2, 0.25) is 5.91 Å². The molecule has 1 saturated heterocycles. The maximum Gasteiger partial charge on any atom is 0.433 e. The van der Waals surface area contributed by atoms with Gasteiger partial charge in [-0.15, -0.1) is 0 Å². The summed E-state index contributed by atoms with van der Waals surface area (Å²) >= 11 is 1.41. The summed E-state index contributed by atoms with van der Waals surface area (Å²) in [4.78, 5) is 27.7. The molecule has 1 amide bonds. The Bertz CT molecular complexity index is 830. The predicted octanol–water partition coefficient (Wildman–Crippen LogP) is 2.77. The van der Waals surface area contributed by atoms with Gasteiger partial charge in [0, 0.05) is 36.7 Å². The van der Waals surface area contributed by atoms with Crippen molar-refractivity contribution in [3.05, 3.63) is 35.8 Å². The normalized spacial score (nSPS) is 15.5. The Morgan fingerprint density at radius 1 is 1.19 bits per heavy atom. The molecule has 6 nitrogen and oxygen atoms in total. The fraction of sp³-hybridized carbons (Fsp3) is 0.375. The third kappa shape index (κ3) is 3.90. The quantitative estimate of drug-likeness (QED) is 0.600. The minimum atomic E-state index is -4.55. The van der Waals surface area contributed by atoms with E-state index in [1.807, 2.05) is 13.2 Å². The minimum Gasteiger partial charge on any atom is -0.345 e. The highest BCUT2D eigenvalue weighted by Gasteiger charge is 2.34. The lowest BCUT2D eigenvalue weighted by Crippen LogP contribution is -2.51. The van der Waals surface area contributed by atoms with E-state index in [1.165, 1.54) is 22.7 Å². The largest absolute Gasteiger partial charge is 0.433 e. The number of hydrogen-bond donors (Lipinski definition) is 0. The Morgan fingerprint density at radius 3 is 2.62 bits per heavy atom. The van der Waals surface area contributed by atoms with Gasteiger partial charge < -0.3 is 9.80 Å². The van der Waals surface area contributed by atoms with Crippen LogP contribution in [0.4, 0.5) is 24.7 Å². The number of aromatic nitrogens is 3. The SMILES string of the molecule is CSc1nc(C)cc(N2CCN(c3ccnc(C(F)(F)F)c3)C(=O)C2)n1. The first kappa shape index (κ1) is 18.4. The van der Waals surface area contributed by atoms with E-state index in [9.17, 15) is 18.0 Å². The molecular formula is C16H16F3N5OS. The van der Waals surface area contributed by atoms with E-state index in [1.54, 1.807) is 11.0 Å². The molecule has 0 saturated carbocycles. The molecule has 0 spiro atoms. The lowest BCUT2D eigenvalue weighted by Gasteiger charge is -2.35. The zero-order chi connectivity index (χ0) is 18.9. The second-order valence-electron chi connectivity index (χ2n) is 5.72. The highest BCUT2D eigenvalue weighted by atomic mass is 32.2. The molecule has 0 atom stereocenters. The topological polar surface area (TPSA) is 62.2 Å². The summed E-state index contributed by atoms with van der Waals surface area (Å²) in [5.74, 6) is 0.345. The fourth-order valence-corrected chi connectivity index (χ4v) is 3.08. The van der Waals surface area contributed by atoms with Crippen molar-refractivity contribution in [3.63, 3.8) is 0 Å². The maximum atomic E-state index is 12.8. The Balaban J connectivity index is 1.79. The first-order chi connectivity index (χ1) is 12.3. The number of rotatable bonds is 3. The number of anilines is 2. The molecule has 3 heterocycles. The number of nitrogens with zero attached hydrogens (tertiary/aromatic N) is 5. The van der Waals surface area contributed by atoms with Crippen LogP contribution in [0.25, 0.3) is 0 Å². The molecule has 1 fully saturated rings. The molecule has 0 aliphatic carbocycles. The van der Waals surface area contributed by atoms with Gasteiger partial charge in [0.25, 0.3) is 0 Å². The zero-order valence-corrected chi connectivity index (χ0v) is 14.9. The van der Waals surface area contributed by atoms with Crippen molar-refractivity contribution < 1.29 is 18.0 Å². The number of carbonyl (C=O) groups excluding carboxylic acids is 1. The van der Waals surface area contributed by atoms with Crippen molar-refractivity contribution in [1.82, 2.24) is 15.0 Å². The van der Waals surface area contributed by atoms with Crippen LogP contribution in [-0.2, 0) is 11.0 Å². The summed E-state index contributed by atoms with van der Waals surface area (Å²) < 4.78 is 38.5. The van der Waals surface area contributed by atoms with Crippen molar-refractivity contribution >= 4 is 29.2 Å².